The van der Waals surface area contributed by atoms with Crippen molar-refractivity contribution in [3.63, 3.8) is 0 Å². The summed E-state index contributed by atoms with van der Waals surface area (Å²) in [7, 11) is 0. The minimum Gasteiger partial charge on any atom is -0.488 e. The first-order valence-corrected chi connectivity index (χ1v) is 15.1. The number of amides is 2. The number of carbonyl (C=O) groups is 2. The lowest BCUT2D eigenvalue weighted by atomic mass is 9.81. The number of piperazine rings is 1. The smallest absolute Gasteiger partial charge is 0.408 e. The van der Waals surface area contributed by atoms with E-state index >= 15 is 0 Å². The second-order valence-electron chi connectivity index (χ2n) is 11.7. The number of hydrogen-bond acceptors (Lipinski definition) is 4. The van der Waals surface area contributed by atoms with Crippen LogP contribution >= 0.6 is 0 Å². The Bertz CT molecular complexity index is 1630. The highest BCUT2D eigenvalue weighted by molar-refractivity contribution is 6.04. The first kappa shape index (κ1) is 30.6. The number of rotatable bonds is 10. The summed E-state index contributed by atoms with van der Waals surface area (Å²) in [5, 5.41) is 13.4. The van der Waals surface area contributed by atoms with Gasteiger partial charge in [0.15, 0.2) is 17.4 Å². The summed E-state index contributed by atoms with van der Waals surface area (Å²) in [5.74, 6) is -4.94. The average molecular weight is 624 g/mol. The van der Waals surface area contributed by atoms with E-state index in [-0.39, 0.29) is 37.7 Å². The largest absolute Gasteiger partial charge is 0.488 e. The Morgan fingerprint density at radius 3 is 2.38 bits per heavy atom. The molecule has 1 saturated heterocycles. The summed E-state index contributed by atoms with van der Waals surface area (Å²) in [5.41, 5.74) is 3.30. The zero-order valence-electron chi connectivity index (χ0n) is 24.4. The van der Waals surface area contributed by atoms with Crippen LogP contribution in [0.15, 0.2) is 66.2 Å². The second-order valence-corrected chi connectivity index (χ2v) is 11.7. The molecule has 1 saturated carbocycles. The van der Waals surface area contributed by atoms with E-state index in [1.807, 2.05) is 24.3 Å². The fourth-order valence-electron chi connectivity index (χ4n) is 6.31. The maximum atomic E-state index is 14.6. The van der Waals surface area contributed by atoms with Crippen molar-refractivity contribution >= 4 is 17.6 Å². The van der Waals surface area contributed by atoms with E-state index in [9.17, 15) is 32.3 Å². The molecule has 0 aromatic heterocycles. The number of carboxylic acid groups (broad SMARTS) is 1. The Kier molecular flexibility index (Phi) is 8.80. The Hall–Kier alpha value is -4.38. The van der Waals surface area contributed by atoms with Gasteiger partial charge in [-0.25, -0.2) is 18.0 Å². The summed E-state index contributed by atoms with van der Waals surface area (Å²) in [6.45, 7) is 0.813. The van der Waals surface area contributed by atoms with Crippen molar-refractivity contribution in [3.8, 4) is 5.75 Å². The van der Waals surface area contributed by atoms with Crippen LogP contribution in [0.25, 0.3) is 5.57 Å². The molecule has 2 aliphatic heterocycles. The van der Waals surface area contributed by atoms with Gasteiger partial charge in [0.25, 0.3) is 5.91 Å². The number of hydrogen-bond donors (Lipinski definition) is 2. The highest BCUT2D eigenvalue weighted by Crippen LogP contribution is 2.40. The highest BCUT2D eigenvalue weighted by Gasteiger charge is 2.46. The van der Waals surface area contributed by atoms with Crippen LogP contribution in [0.4, 0.5) is 22.4 Å². The van der Waals surface area contributed by atoms with Crippen molar-refractivity contribution < 1.29 is 37.0 Å². The molecular weight excluding hydrogens is 590 g/mol. The third-order valence-electron chi connectivity index (χ3n) is 8.70. The predicted molar refractivity (Wildman–Crippen MR) is 158 cm³/mol. The summed E-state index contributed by atoms with van der Waals surface area (Å²) in [6, 6.07) is 14.3. The predicted octanol–water partition coefficient (Wildman–Crippen LogP) is 5.92. The van der Waals surface area contributed by atoms with E-state index in [2.05, 4.69) is 5.32 Å². The number of ether oxygens (including phenoxy) is 1. The molecule has 6 rings (SSSR count). The van der Waals surface area contributed by atoms with Gasteiger partial charge < -0.3 is 20.1 Å². The van der Waals surface area contributed by atoms with Gasteiger partial charge in [-0.05, 0) is 67.0 Å². The summed E-state index contributed by atoms with van der Waals surface area (Å²) in [6.07, 6.45) is 1.79. The van der Waals surface area contributed by atoms with Crippen LogP contribution in [0.3, 0.4) is 0 Å². The zero-order valence-corrected chi connectivity index (χ0v) is 24.4. The maximum absolute atomic E-state index is 14.6. The SMILES string of the molecule is O=C(C1=C(c2ccc(CCCOc3c(F)ccc(F)c3F)cc2)CC2CNCC1N2C(=O)O)N(Cc1ccccc1F)C1CC1. The molecule has 11 heteroatoms. The number of nitrogens with one attached hydrogen (secondary N) is 1. The van der Waals surface area contributed by atoms with Gasteiger partial charge in [0.1, 0.15) is 5.82 Å². The van der Waals surface area contributed by atoms with E-state index in [0.717, 1.165) is 35.6 Å². The van der Waals surface area contributed by atoms with Gasteiger partial charge in [-0.15, -0.1) is 0 Å². The molecule has 3 aromatic carbocycles. The van der Waals surface area contributed by atoms with Gasteiger partial charge >= 0.3 is 6.09 Å². The quantitative estimate of drug-likeness (QED) is 0.167. The molecule has 0 radical (unpaired) electrons. The molecule has 2 unspecified atom stereocenters. The van der Waals surface area contributed by atoms with Crippen LogP contribution < -0.4 is 10.1 Å². The van der Waals surface area contributed by atoms with Crippen molar-refractivity contribution in [1.29, 1.82) is 0 Å². The lowest BCUT2D eigenvalue weighted by molar-refractivity contribution is -0.129. The Morgan fingerprint density at radius 2 is 1.67 bits per heavy atom. The first-order valence-electron chi connectivity index (χ1n) is 15.1. The number of nitrogens with zero attached hydrogens (tertiary/aromatic N) is 2. The van der Waals surface area contributed by atoms with Gasteiger partial charge in [0, 0.05) is 36.8 Å². The number of fused-ring (bicyclic) bond motifs is 2. The van der Waals surface area contributed by atoms with E-state index in [4.69, 9.17) is 4.74 Å². The molecule has 1 aliphatic carbocycles. The van der Waals surface area contributed by atoms with E-state index < -0.39 is 41.2 Å². The average Bonchev–Trinajstić information content (AvgIpc) is 3.87. The van der Waals surface area contributed by atoms with Gasteiger partial charge in [0.2, 0.25) is 5.82 Å². The molecule has 2 bridgehead atoms. The van der Waals surface area contributed by atoms with Crippen LogP contribution in [0.2, 0.25) is 0 Å². The molecule has 2 N–H and O–H groups in total. The molecule has 2 atom stereocenters. The van der Waals surface area contributed by atoms with Crippen molar-refractivity contribution in [2.45, 2.75) is 56.8 Å². The third kappa shape index (κ3) is 6.40. The molecule has 2 amide bonds. The van der Waals surface area contributed by atoms with Gasteiger partial charge in [-0.1, -0.05) is 42.5 Å². The molecule has 45 heavy (non-hydrogen) atoms. The minimum absolute atomic E-state index is 0.0246. The molecule has 3 aromatic rings. The monoisotopic (exact) mass is 623 g/mol. The molecule has 7 nitrogen and oxygen atoms in total. The third-order valence-corrected chi connectivity index (χ3v) is 8.70. The molecule has 3 aliphatic rings. The van der Waals surface area contributed by atoms with Gasteiger partial charge in [-0.2, -0.15) is 4.39 Å². The summed E-state index contributed by atoms with van der Waals surface area (Å²) in [4.78, 5) is 29.8. The van der Waals surface area contributed by atoms with Gasteiger partial charge in [0.05, 0.1) is 18.7 Å². The lowest BCUT2D eigenvalue weighted by Gasteiger charge is -2.47. The fourth-order valence-corrected chi connectivity index (χ4v) is 6.31. The molecule has 2 fully saturated rings. The lowest BCUT2D eigenvalue weighted by Crippen LogP contribution is -2.63. The Balaban J connectivity index is 1.25. The minimum atomic E-state index is -1.36. The molecular formula is C34H33F4N3O4. The summed E-state index contributed by atoms with van der Waals surface area (Å²) < 4.78 is 61.0. The standard InChI is InChI=1S/C34H33F4N3O4/c35-26-6-2-1-5-22(26)19-40(23-11-12-23)33(42)30-25(16-24-17-39-18-29(30)41(24)34(43)44)21-9-7-20(8-10-21)4-3-15-45-32-28(37)14-13-27(36)31(32)38/h1-2,5-10,13-14,23-24,29,39H,3-4,11-12,15-19H2,(H,43,44). The van der Waals surface area contributed by atoms with Crippen molar-refractivity contribution in [2.24, 2.45) is 0 Å². The van der Waals surface area contributed by atoms with E-state index in [1.165, 1.54) is 11.0 Å². The zero-order chi connectivity index (χ0) is 31.7. The number of halogens is 4. The van der Waals surface area contributed by atoms with Crippen LogP contribution in [0.1, 0.15) is 42.4 Å². The molecule has 2 heterocycles. The molecule has 236 valence electrons. The number of aryl methyl sites for hydroxylation is 1. The number of carbonyl (C=O) groups excluding carboxylic acids is 1. The van der Waals surface area contributed by atoms with Crippen LogP contribution in [0, 0.1) is 23.3 Å². The highest BCUT2D eigenvalue weighted by atomic mass is 19.2. The van der Waals surface area contributed by atoms with Crippen molar-refractivity contribution in [3.05, 3.63) is 106 Å². The van der Waals surface area contributed by atoms with Crippen LogP contribution in [0.5, 0.6) is 5.75 Å². The number of benzene rings is 3. The van der Waals surface area contributed by atoms with Crippen molar-refractivity contribution in [1.82, 2.24) is 15.1 Å². The van der Waals surface area contributed by atoms with Gasteiger partial charge in [-0.3, -0.25) is 9.69 Å². The Labute approximate surface area is 258 Å². The van der Waals surface area contributed by atoms with Crippen LogP contribution in [-0.2, 0) is 17.8 Å². The van der Waals surface area contributed by atoms with Crippen LogP contribution in [-0.4, -0.2) is 64.7 Å². The second kappa shape index (κ2) is 12.9. The molecule has 0 spiro atoms. The Morgan fingerprint density at radius 1 is 0.933 bits per heavy atom. The maximum Gasteiger partial charge on any atom is 0.408 e. The van der Waals surface area contributed by atoms with Crippen molar-refractivity contribution in [2.75, 3.05) is 19.7 Å². The fraction of sp³-hybridized carbons (Fsp3) is 0.353. The van der Waals surface area contributed by atoms with E-state index in [0.29, 0.717) is 43.0 Å². The summed E-state index contributed by atoms with van der Waals surface area (Å²) >= 11 is 0. The van der Waals surface area contributed by atoms with E-state index in [1.54, 1.807) is 23.1 Å². The first-order chi connectivity index (χ1) is 21.7. The normalized spacial score (nSPS) is 19.4. The topological polar surface area (TPSA) is 82.1 Å².